The van der Waals surface area contributed by atoms with Crippen molar-refractivity contribution in [3.05, 3.63) is 22.4 Å². The first kappa shape index (κ1) is 14.5. The number of nitrogens with zero attached hydrogens (tertiary/aromatic N) is 1. The number of hydrogen-bond donors (Lipinski definition) is 1. The predicted octanol–water partition coefficient (Wildman–Crippen LogP) is 2.13. The van der Waals surface area contributed by atoms with Gasteiger partial charge in [0.1, 0.15) is 0 Å². The molecule has 0 aromatic carbocycles. The minimum Gasteiger partial charge on any atom is -0.340 e. The smallest absolute Gasteiger partial charge is 0.229 e. The van der Waals surface area contributed by atoms with Crippen LogP contribution in [0, 0.1) is 5.41 Å². The van der Waals surface area contributed by atoms with E-state index in [4.69, 9.17) is 0 Å². The van der Waals surface area contributed by atoms with Crippen LogP contribution in [-0.2, 0) is 11.3 Å². The first-order valence-electron chi connectivity index (χ1n) is 5.60. The molecule has 0 spiro atoms. The molecule has 0 aliphatic carbocycles. The average molecular weight is 275 g/mol. The summed E-state index contributed by atoms with van der Waals surface area (Å²) in [5, 5.41) is 5.31. The molecule has 1 aliphatic rings. The van der Waals surface area contributed by atoms with Gasteiger partial charge in [-0.2, -0.15) is 0 Å². The molecule has 96 valence electrons. The summed E-state index contributed by atoms with van der Waals surface area (Å²) in [4.78, 5) is 15.4. The van der Waals surface area contributed by atoms with Crippen molar-refractivity contribution >= 4 is 29.7 Å². The molecule has 1 unspecified atom stereocenters. The Labute approximate surface area is 113 Å². The lowest BCUT2D eigenvalue weighted by Crippen LogP contribution is -2.41. The third-order valence-electron chi connectivity index (χ3n) is 3.20. The van der Waals surface area contributed by atoms with Gasteiger partial charge in [-0.05, 0) is 31.3 Å². The summed E-state index contributed by atoms with van der Waals surface area (Å²) in [6, 6.07) is 4.10. The molecule has 2 rings (SSSR count). The highest BCUT2D eigenvalue weighted by molar-refractivity contribution is 7.09. The van der Waals surface area contributed by atoms with Gasteiger partial charge in [-0.25, -0.2) is 0 Å². The molecule has 1 saturated heterocycles. The van der Waals surface area contributed by atoms with Gasteiger partial charge in [0.25, 0.3) is 0 Å². The number of halogens is 1. The second-order valence-electron chi connectivity index (χ2n) is 4.73. The summed E-state index contributed by atoms with van der Waals surface area (Å²) < 4.78 is 0. The van der Waals surface area contributed by atoms with Crippen LogP contribution in [0.1, 0.15) is 18.2 Å². The molecular formula is C12H19ClN2OS. The van der Waals surface area contributed by atoms with Gasteiger partial charge in [0.2, 0.25) is 5.91 Å². The molecule has 0 radical (unpaired) electrons. The number of rotatable bonds is 3. The van der Waals surface area contributed by atoms with E-state index in [1.54, 1.807) is 11.3 Å². The van der Waals surface area contributed by atoms with Gasteiger partial charge in [0, 0.05) is 18.5 Å². The maximum Gasteiger partial charge on any atom is 0.229 e. The molecule has 5 heteroatoms. The van der Waals surface area contributed by atoms with Crippen LogP contribution in [0.5, 0.6) is 0 Å². The highest BCUT2D eigenvalue weighted by Gasteiger charge is 2.38. The van der Waals surface area contributed by atoms with Crippen molar-refractivity contribution in [2.75, 3.05) is 20.1 Å². The second-order valence-corrected chi connectivity index (χ2v) is 5.76. The van der Waals surface area contributed by atoms with Crippen LogP contribution < -0.4 is 5.32 Å². The Kier molecular flexibility index (Phi) is 4.98. The quantitative estimate of drug-likeness (QED) is 0.916. The largest absolute Gasteiger partial charge is 0.340 e. The minimum atomic E-state index is -0.202. The van der Waals surface area contributed by atoms with E-state index in [9.17, 15) is 4.79 Å². The van der Waals surface area contributed by atoms with Crippen molar-refractivity contribution in [2.24, 2.45) is 5.41 Å². The van der Waals surface area contributed by atoms with Gasteiger partial charge < -0.3 is 10.2 Å². The molecule has 1 aromatic heterocycles. The van der Waals surface area contributed by atoms with Crippen molar-refractivity contribution in [3.8, 4) is 0 Å². The topological polar surface area (TPSA) is 32.3 Å². The maximum absolute atomic E-state index is 12.3. The van der Waals surface area contributed by atoms with E-state index in [-0.39, 0.29) is 23.7 Å². The van der Waals surface area contributed by atoms with Gasteiger partial charge in [0.05, 0.1) is 12.0 Å². The molecule has 3 nitrogen and oxygen atoms in total. The summed E-state index contributed by atoms with van der Waals surface area (Å²) in [6.45, 7) is 4.54. The van der Waals surface area contributed by atoms with E-state index in [1.807, 2.05) is 23.4 Å². The number of hydrogen-bond acceptors (Lipinski definition) is 3. The molecule has 1 aromatic rings. The molecular weight excluding hydrogens is 256 g/mol. The summed E-state index contributed by atoms with van der Waals surface area (Å²) in [5.41, 5.74) is -0.202. The molecule has 0 bridgehead atoms. The zero-order chi connectivity index (χ0) is 11.6. The highest BCUT2D eigenvalue weighted by Crippen LogP contribution is 2.27. The lowest BCUT2D eigenvalue weighted by atomic mass is 9.88. The SMILES string of the molecule is CN(Cc1cccs1)C(=O)C1(C)CCNC1.Cl. The van der Waals surface area contributed by atoms with E-state index in [2.05, 4.69) is 18.3 Å². The number of nitrogens with one attached hydrogen (secondary N) is 1. The Hall–Kier alpha value is -0.580. The fourth-order valence-electron chi connectivity index (χ4n) is 2.17. The number of carbonyl (C=O) groups is 1. The van der Waals surface area contributed by atoms with E-state index in [0.717, 1.165) is 26.1 Å². The van der Waals surface area contributed by atoms with Crippen molar-refractivity contribution in [1.82, 2.24) is 10.2 Å². The van der Waals surface area contributed by atoms with E-state index >= 15 is 0 Å². The van der Waals surface area contributed by atoms with Crippen molar-refractivity contribution in [1.29, 1.82) is 0 Å². The van der Waals surface area contributed by atoms with Crippen LogP contribution in [0.15, 0.2) is 17.5 Å². The third-order valence-corrected chi connectivity index (χ3v) is 4.07. The number of carbonyl (C=O) groups excluding carboxylic acids is 1. The monoisotopic (exact) mass is 274 g/mol. The molecule has 1 atom stereocenters. The standard InChI is InChI=1S/C12H18N2OS.ClH/c1-12(5-6-13-9-12)11(15)14(2)8-10-4-3-7-16-10;/h3-4,7,13H,5-6,8-9H2,1-2H3;1H. The Morgan fingerprint density at radius 3 is 2.94 bits per heavy atom. The molecule has 1 N–H and O–H groups in total. The molecule has 1 amide bonds. The Bertz CT molecular complexity index is 361. The van der Waals surface area contributed by atoms with Gasteiger partial charge >= 0.3 is 0 Å². The molecule has 2 heterocycles. The van der Waals surface area contributed by atoms with E-state index in [0.29, 0.717) is 0 Å². The van der Waals surface area contributed by atoms with E-state index in [1.165, 1.54) is 4.88 Å². The van der Waals surface area contributed by atoms with Crippen LogP contribution in [0.2, 0.25) is 0 Å². The summed E-state index contributed by atoms with van der Waals surface area (Å²) >= 11 is 1.70. The lowest BCUT2D eigenvalue weighted by molar-refractivity contribution is -0.139. The summed E-state index contributed by atoms with van der Waals surface area (Å²) in [5.74, 6) is 0.255. The molecule has 0 saturated carbocycles. The van der Waals surface area contributed by atoms with Gasteiger partial charge in [-0.3, -0.25) is 4.79 Å². The second kappa shape index (κ2) is 5.85. The fourth-order valence-corrected chi connectivity index (χ4v) is 2.93. The molecule has 1 aliphatic heterocycles. The Morgan fingerprint density at radius 1 is 1.65 bits per heavy atom. The zero-order valence-corrected chi connectivity index (χ0v) is 11.9. The average Bonchev–Trinajstić information content (AvgIpc) is 2.89. The van der Waals surface area contributed by atoms with Crippen molar-refractivity contribution in [3.63, 3.8) is 0 Å². The first-order chi connectivity index (χ1) is 7.62. The van der Waals surface area contributed by atoms with E-state index < -0.39 is 0 Å². The van der Waals surface area contributed by atoms with Crippen LogP contribution in [0.4, 0.5) is 0 Å². The highest BCUT2D eigenvalue weighted by atomic mass is 35.5. The summed E-state index contributed by atoms with van der Waals surface area (Å²) in [7, 11) is 1.89. The van der Waals surface area contributed by atoms with Crippen molar-refractivity contribution in [2.45, 2.75) is 19.9 Å². The Morgan fingerprint density at radius 2 is 2.41 bits per heavy atom. The third kappa shape index (κ3) is 3.21. The number of amides is 1. The number of thiophene rings is 1. The Balaban J connectivity index is 0.00000144. The van der Waals surface area contributed by atoms with Crippen LogP contribution in [0.3, 0.4) is 0 Å². The minimum absolute atomic E-state index is 0. The molecule has 1 fully saturated rings. The molecule has 17 heavy (non-hydrogen) atoms. The van der Waals surface area contributed by atoms with Gasteiger partial charge in [-0.15, -0.1) is 23.7 Å². The van der Waals surface area contributed by atoms with Crippen LogP contribution in [0.25, 0.3) is 0 Å². The van der Waals surface area contributed by atoms with Gasteiger partial charge in [0.15, 0.2) is 0 Å². The predicted molar refractivity (Wildman–Crippen MR) is 73.6 cm³/mol. The van der Waals surface area contributed by atoms with Crippen LogP contribution in [-0.4, -0.2) is 30.9 Å². The maximum atomic E-state index is 12.3. The first-order valence-corrected chi connectivity index (χ1v) is 6.48. The van der Waals surface area contributed by atoms with Crippen LogP contribution >= 0.6 is 23.7 Å². The fraction of sp³-hybridized carbons (Fsp3) is 0.583. The van der Waals surface area contributed by atoms with Crippen molar-refractivity contribution < 1.29 is 4.79 Å². The zero-order valence-electron chi connectivity index (χ0n) is 10.2. The normalized spacial score (nSPS) is 23.2. The lowest BCUT2D eigenvalue weighted by Gasteiger charge is -2.28. The van der Waals surface area contributed by atoms with Gasteiger partial charge in [-0.1, -0.05) is 6.07 Å². The summed E-state index contributed by atoms with van der Waals surface area (Å²) in [6.07, 6.45) is 0.945.